The first kappa shape index (κ1) is 15.2. The standard InChI is InChI=1S/C14H20N2O3/c1-10(2)11-4-6-12(7-5-11)15-13(17)8-16(3)9-14(18)19/h4-7,10H,8-9H2,1-3H3,(H,15,17)(H,18,19). The second-order valence-corrected chi connectivity index (χ2v) is 4.89. The molecule has 104 valence electrons. The number of amides is 1. The number of benzene rings is 1. The van der Waals surface area contributed by atoms with Crippen LogP contribution in [0.3, 0.4) is 0 Å². The topological polar surface area (TPSA) is 69.6 Å². The molecule has 0 saturated carbocycles. The third-order valence-corrected chi connectivity index (χ3v) is 2.68. The highest BCUT2D eigenvalue weighted by Gasteiger charge is 2.09. The molecule has 0 aliphatic carbocycles. The van der Waals surface area contributed by atoms with Gasteiger partial charge in [0.15, 0.2) is 0 Å². The van der Waals surface area contributed by atoms with Crippen molar-refractivity contribution >= 4 is 17.6 Å². The smallest absolute Gasteiger partial charge is 0.317 e. The molecule has 2 N–H and O–H groups in total. The molecular formula is C14H20N2O3. The monoisotopic (exact) mass is 264 g/mol. The van der Waals surface area contributed by atoms with Gasteiger partial charge in [0.2, 0.25) is 5.91 Å². The molecule has 0 aliphatic rings. The molecule has 1 aromatic carbocycles. The highest BCUT2D eigenvalue weighted by Crippen LogP contribution is 2.16. The summed E-state index contributed by atoms with van der Waals surface area (Å²) in [4.78, 5) is 23.6. The van der Waals surface area contributed by atoms with Crippen molar-refractivity contribution in [3.8, 4) is 0 Å². The zero-order chi connectivity index (χ0) is 14.4. The number of anilines is 1. The fourth-order valence-electron chi connectivity index (χ4n) is 1.68. The van der Waals surface area contributed by atoms with Gasteiger partial charge < -0.3 is 10.4 Å². The van der Waals surface area contributed by atoms with Crippen molar-refractivity contribution in [2.45, 2.75) is 19.8 Å². The van der Waals surface area contributed by atoms with Crippen LogP contribution in [0.4, 0.5) is 5.69 Å². The van der Waals surface area contributed by atoms with Gasteiger partial charge in [0.25, 0.3) is 0 Å². The molecule has 0 heterocycles. The first-order chi connectivity index (χ1) is 8.88. The van der Waals surface area contributed by atoms with Gasteiger partial charge in [-0.05, 0) is 30.7 Å². The summed E-state index contributed by atoms with van der Waals surface area (Å²) >= 11 is 0. The summed E-state index contributed by atoms with van der Waals surface area (Å²) in [7, 11) is 1.59. The largest absolute Gasteiger partial charge is 0.480 e. The predicted molar refractivity (Wildman–Crippen MR) is 74.3 cm³/mol. The Morgan fingerprint density at radius 2 is 1.79 bits per heavy atom. The van der Waals surface area contributed by atoms with E-state index in [-0.39, 0.29) is 19.0 Å². The lowest BCUT2D eigenvalue weighted by Gasteiger charge is -2.14. The van der Waals surface area contributed by atoms with E-state index in [2.05, 4.69) is 19.2 Å². The van der Waals surface area contributed by atoms with Gasteiger partial charge >= 0.3 is 5.97 Å². The van der Waals surface area contributed by atoms with Crippen LogP contribution in [0, 0.1) is 0 Å². The average Bonchev–Trinajstić information content (AvgIpc) is 2.27. The van der Waals surface area contributed by atoms with Crippen LogP contribution < -0.4 is 5.32 Å². The molecule has 0 saturated heterocycles. The van der Waals surface area contributed by atoms with Gasteiger partial charge in [0.1, 0.15) is 0 Å². The Kier molecular flexibility index (Phi) is 5.51. The molecule has 5 heteroatoms. The Hall–Kier alpha value is -1.88. The minimum absolute atomic E-state index is 0.0538. The van der Waals surface area contributed by atoms with E-state index < -0.39 is 5.97 Å². The van der Waals surface area contributed by atoms with E-state index in [4.69, 9.17) is 5.11 Å². The van der Waals surface area contributed by atoms with Crippen LogP contribution in [0.1, 0.15) is 25.3 Å². The number of carboxylic acid groups (broad SMARTS) is 1. The molecule has 0 unspecified atom stereocenters. The lowest BCUT2D eigenvalue weighted by atomic mass is 10.0. The SMILES string of the molecule is CC(C)c1ccc(NC(=O)CN(C)CC(=O)O)cc1. The second-order valence-electron chi connectivity index (χ2n) is 4.89. The van der Waals surface area contributed by atoms with Crippen molar-refractivity contribution in [3.05, 3.63) is 29.8 Å². The van der Waals surface area contributed by atoms with Gasteiger partial charge in [-0.2, -0.15) is 0 Å². The summed E-state index contributed by atoms with van der Waals surface area (Å²) in [6, 6.07) is 7.65. The number of rotatable bonds is 6. The minimum atomic E-state index is -0.948. The van der Waals surface area contributed by atoms with Crippen LogP contribution >= 0.6 is 0 Å². The number of nitrogens with one attached hydrogen (secondary N) is 1. The van der Waals surface area contributed by atoms with E-state index in [1.165, 1.54) is 10.5 Å². The van der Waals surface area contributed by atoms with Gasteiger partial charge in [0.05, 0.1) is 13.1 Å². The first-order valence-electron chi connectivity index (χ1n) is 6.18. The van der Waals surface area contributed by atoms with Gasteiger partial charge in [-0.1, -0.05) is 26.0 Å². The van der Waals surface area contributed by atoms with E-state index in [0.29, 0.717) is 5.92 Å². The molecule has 0 fully saturated rings. The van der Waals surface area contributed by atoms with Crippen LogP contribution in [0.5, 0.6) is 0 Å². The normalized spacial score (nSPS) is 10.8. The number of carbonyl (C=O) groups excluding carboxylic acids is 1. The Balaban J connectivity index is 2.50. The van der Waals surface area contributed by atoms with Crippen molar-refractivity contribution in [1.82, 2.24) is 4.90 Å². The van der Waals surface area contributed by atoms with Crippen molar-refractivity contribution in [1.29, 1.82) is 0 Å². The van der Waals surface area contributed by atoms with Crippen molar-refractivity contribution in [3.63, 3.8) is 0 Å². The highest BCUT2D eigenvalue weighted by atomic mass is 16.4. The summed E-state index contributed by atoms with van der Waals surface area (Å²) in [5, 5.41) is 11.3. The average molecular weight is 264 g/mol. The number of hydrogen-bond acceptors (Lipinski definition) is 3. The number of hydrogen-bond donors (Lipinski definition) is 2. The second kappa shape index (κ2) is 6.89. The van der Waals surface area contributed by atoms with E-state index in [0.717, 1.165) is 5.69 Å². The maximum Gasteiger partial charge on any atom is 0.317 e. The van der Waals surface area contributed by atoms with Crippen molar-refractivity contribution in [2.75, 3.05) is 25.5 Å². The zero-order valence-electron chi connectivity index (χ0n) is 11.5. The van der Waals surface area contributed by atoms with Crippen LogP contribution in [-0.4, -0.2) is 42.0 Å². The third kappa shape index (κ3) is 5.52. The zero-order valence-corrected chi connectivity index (χ0v) is 11.5. The van der Waals surface area contributed by atoms with E-state index in [1.807, 2.05) is 24.3 Å². The Morgan fingerprint density at radius 3 is 2.26 bits per heavy atom. The lowest BCUT2D eigenvalue weighted by Crippen LogP contribution is -2.33. The Labute approximate surface area is 113 Å². The van der Waals surface area contributed by atoms with Gasteiger partial charge in [0, 0.05) is 5.69 Å². The Morgan fingerprint density at radius 1 is 1.21 bits per heavy atom. The molecule has 5 nitrogen and oxygen atoms in total. The predicted octanol–water partition coefficient (Wildman–Crippen LogP) is 1.76. The molecular weight excluding hydrogens is 244 g/mol. The minimum Gasteiger partial charge on any atom is -0.480 e. The summed E-state index contributed by atoms with van der Waals surface area (Å²) in [6.07, 6.45) is 0. The van der Waals surface area contributed by atoms with Crippen molar-refractivity contribution < 1.29 is 14.7 Å². The van der Waals surface area contributed by atoms with Crippen molar-refractivity contribution in [2.24, 2.45) is 0 Å². The molecule has 0 radical (unpaired) electrons. The number of aliphatic carboxylic acids is 1. The fourth-order valence-corrected chi connectivity index (χ4v) is 1.68. The molecule has 0 bridgehead atoms. The molecule has 1 amide bonds. The third-order valence-electron chi connectivity index (χ3n) is 2.68. The van der Waals surface area contributed by atoms with E-state index in [9.17, 15) is 9.59 Å². The summed E-state index contributed by atoms with van der Waals surface area (Å²) in [5.74, 6) is -0.718. The van der Waals surface area contributed by atoms with Gasteiger partial charge in [-0.3, -0.25) is 14.5 Å². The van der Waals surface area contributed by atoms with Crippen LogP contribution in [0.25, 0.3) is 0 Å². The molecule has 0 aliphatic heterocycles. The molecule has 0 spiro atoms. The number of nitrogens with zero attached hydrogens (tertiary/aromatic N) is 1. The molecule has 1 rings (SSSR count). The molecule has 19 heavy (non-hydrogen) atoms. The summed E-state index contributed by atoms with van der Waals surface area (Å²) in [5.41, 5.74) is 1.93. The first-order valence-corrected chi connectivity index (χ1v) is 6.18. The van der Waals surface area contributed by atoms with E-state index in [1.54, 1.807) is 7.05 Å². The van der Waals surface area contributed by atoms with Crippen LogP contribution in [0.15, 0.2) is 24.3 Å². The van der Waals surface area contributed by atoms with Gasteiger partial charge in [-0.25, -0.2) is 0 Å². The maximum atomic E-state index is 11.7. The molecule has 1 aromatic rings. The van der Waals surface area contributed by atoms with E-state index >= 15 is 0 Å². The lowest BCUT2D eigenvalue weighted by molar-refractivity contribution is -0.138. The van der Waals surface area contributed by atoms with Crippen LogP contribution in [-0.2, 0) is 9.59 Å². The highest BCUT2D eigenvalue weighted by molar-refractivity contribution is 5.92. The Bertz CT molecular complexity index is 441. The molecule has 0 aromatic heterocycles. The summed E-state index contributed by atoms with van der Waals surface area (Å²) < 4.78 is 0. The number of likely N-dealkylation sites (N-methyl/N-ethyl adjacent to an activating group) is 1. The quantitative estimate of drug-likeness (QED) is 0.821. The summed E-state index contributed by atoms with van der Waals surface area (Å²) in [6.45, 7) is 4.11. The fraction of sp³-hybridized carbons (Fsp3) is 0.429. The molecule has 0 atom stereocenters. The maximum absolute atomic E-state index is 11.7. The number of carbonyl (C=O) groups is 2. The van der Waals surface area contributed by atoms with Crippen LogP contribution in [0.2, 0.25) is 0 Å². The number of carboxylic acids is 1. The van der Waals surface area contributed by atoms with Gasteiger partial charge in [-0.15, -0.1) is 0 Å².